The number of hydrogen-bond donors (Lipinski definition) is 3. The fourth-order valence-electron chi connectivity index (χ4n) is 10.1. The fraction of sp³-hybridized carbons (Fsp3) is 0.491. The van der Waals surface area contributed by atoms with Crippen LogP contribution < -0.4 is 21.1 Å². The van der Waals surface area contributed by atoms with Crippen molar-refractivity contribution in [2.75, 3.05) is 129 Å². The van der Waals surface area contributed by atoms with Crippen LogP contribution in [0.1, 0.15) is 60.5 Å². The van der Waals surface area contributed by atoms with E-state index in [1.54, 1.807) is 12.1 Å². The summed E-state index contributed by atoms with van der Waals surface area (Å²) in [5.74, 6) is 0.945. The van der Waals surface area contributed by atoms with Gasteiger partial charge in [-0.3, -0.25) is 34.2 Å². The number of nitrogens with two attached hydrogens (primary N) is 1. The number of nitrogen functional groups attached to an aromatic ring is 1. The molecule has 3 fully saturated rings. The van der Waals surface area contributed by atoms with Crippen molar-refractivity contribution in [1.82, 2.24) is 44.7 Å². The minimum absolute atomic E-state index is 0.000444. The first-order chi connectivity index (χ1) is 37.7. The molecule has 9 rings (SSSR count). The third-order valence-corrected chi connectivity index (χ3v) is 14.2. The van der Waals surface area contributed by atoms with E-state index >= 15 is 0 Å². The first-order valence-electron chi connectivity index (χ1n) is 26.7. The average molecular weight is 1060 g/mol. The zero-order valence-corrected chi connectivity index (χ0v) is 43.5. The molecule has 77 heavy (non-hydrogen) atoms. The van der Waals surface area contributed by atoms with Crippen molar-refractivity contribution in [2.45, 2.75) is 57.2 Å². The summed E-state index contributed by atoms with van der Waals surface area (Å²) in [7, 11) is 0. The van der Waals surface area contributed by atoms with E-state index in [0.29, 0.717) is 145 Å². The Balaban J connectivity index is 0.570. The summed E-state index contributed by atoms with van der Waals surface area (Å²) in [5, 5.41) is 11.4. The van der Waals surface area contributed by atoms with Gasteiger partial charge in [0, 0.05) is 87.6 Å². The number of carbonyl (C=O) groups excluding carboxylic acids is 5. The minimum Gasteiger partial charge on any atom is -0.457 e. The molecule has 4 aliphatic rings. The molecule has 3 saturated heterocycles. The lowest BCUT2D eigenvalue weighted by atomic mass is 10.0. The summed E-state index contributed by atoms with van der Waals surface area (Å²) < 4.78 is 36.0. The summed E-state index contributed by atoms with van der Waals surface area (Å²) in [5.41, 5.74) is 10.8. The number of piperidine rings is 2. The number of aromatic nitrogens is 4. The molecule has 4 aliphatic heterocycles. The maximum Gasteiger partial charge on any atom is 0.255 e. The molecule has 3 aromatic carbocycles. The summed E-state index contributed by atoms with van der Waals surface area (Å²) in [6.07, 6.45) is 4.88. The highest BCUT2D eigenvalue weighted by Crippen LogP contribution is 2.36. The second kappa shape index (κ2) is 27.3. The highest BCUT2D eigenvalue weighted by molar-refractivity contribution is 6.06. The van der Waals surface area contributed by atoms with Gasteiger partial charge in [0.2, 0.25) is 23.6 Å². The van der Waals surface area contributed by atoms with Crippen molar-refractivity contribution in [3.63, 3.8) is 0 Å². The largest absolute Gasteiger partial charge is 0.457 e. The average Bonchev–Trinajstić information content (AvgIpc) is 4.17. The van der Waals surface area contributed by atoms with Crippen LogP contribution in [0, 0.1) is 0 Å². The molecule has 4 N–H and O–H groups in total. The van der Waals surface area contributed by atoms with Gasteiger partial charge in [0.1, 0.15) is 42.0 Å². The number of hydrogen-bond acceptors (Lipinski definition) is 17. The second-order valence-electron chi connectivity index (χ2n) is 19.3. The lowest BCUT2D eigenvalue weighted by molar-refractivity contribution is -0.139. The van der Waals surface area contributed by atoms with E-state index in [0.717, 1.165) is 61.5 Å². The SMILES string of the molecule is Nc1ncnc2c1c(-c1ccc(Oc3ccccc3)cc1)nn2[C@@H]1CCCN(C(=O)CCCN2CCN(C(=O)COCCOCCOCCOCCOCCNc3cccc4c3CN(C3CCC(=O)NC3=O)C4=O)CC2)C1. The van der Waals surface area contributed by atoms with Crippen LogP contribution in [0.5, 0.6) is 11.5 Å². The molecule has 22 nitrogen and oxygen atoms in total. The quantitative estimate of drug-likeness (QED) is 0.0498. The van der Waals surface area contributed by atoms with Gasteiger partial charge in [0.15, 0.2) is 5.65 Å². The van der Waals surface area contributed by atoms with Crippen LogP contribution in [0.3, 0.4) is 0 Å². The third kappa shape index (κ3) is 14.5. The molecule has 2 atom stereocenters. The number of rotatable bonds is 27. The first-order valence-corrected chi connectivity index (χ1v) is 26.7. The number of carbonyl (C=O) groups is 5. The van der Waals surface area contributed by atoms with Gasteiger partial charge in [-0.25, -0.2) is 14.6 Å². The van der Waals surface area contributed by atoms with Gasteiger partial charge in [0.25, 0.3) is 5.91 Å². The third-order valence-electron chi connectivity index (χ3n) is 14.2. The van der Waals surface area contributed by atoms with Gasteiger partial charge in [-0.15, -0.1) is 0 Å². The molecule has 2 aromatic heterocycles. The normalized spacial score (nSPS) is 18.0. The number of fused-ring (bicyclic) bond motifs is 2. The highest BCUT2D eigenvalue weighted by atomic mass is 16.6. The van der Waals surface area contributed by atoms with Gasteiger partial charge in [-0.2, -0.15) is 5.10 Å². The number of anilines is 2. The minimum atomic E-state index is -0.655. The Labute approximate surface area is 447 Å². The topological polar surface area (TPSA) is 247 Å². The maximum atomic E-state index is 13.6. The smallest absolute Gasteiger partial charge is 0.255 e. The Bertz CT molecular complexity index is 2790. The maximum absolute atomic E-state index is 13.6. The molecule has 0 aliphatic carbocycles. The molecule has 0 radical (unpaired) electrons. The van der Waals surface area contributed by atoms with E-state index in [2.05, 4.69) is 25.5 Å². The number of nitrogens with one attached hydrogen (secondary N) is 2. The molecule has 22 heteroatoms. The number of ether oxygens (including phenoxy) is 6. The molecule has 1 unspecified atom stereocenters. The second-order valence-corrected chi connectivity index (χ2v) is 19.3. The molecular formula is C55H69N11O11. The van der Waals surface area contributed by atoms with E-state index in [-0.39, 0.29) is 42.7 Å². The van der Waals surface area contributed by atoms with Crippen LogP contribution in [0.15, 0.2) is 79.1 Å². The molecule has 410 valence electrons. The zero-order chi connectivity index (χ0) is 53.3. The van der Waals surface area contributed by atoms with Gasteiger partial charge in [-0.05, 0) is 80.8 Å². The van der Waals surface area contributed by atoms with Gasteiger partial charge in [0.05, 0.1) is 70.9 Å². The number of amides is 5. The van der Waals surface area contributed by atoms with E-state index < -0.39 is 11.9 Å². The Morgan fingerprint density at radius 2 is 1.43 bits per heavy atom. The van der Waals surface area contributed by atoms with Crippen molar-refractivity contribution in [1.29, 1.82) is 0 Å². The van der Waals surface area contributed by atoms with E-state index in [1.165, 1.54) is 11.2 Å². The molecule has 0 saturated carbocycles. The predicted molar refractivity (Wildman–Crippen MR) is 284 cm³/mol. The fourth-order valence-corrected chi connectivity index (χ4v) is 10.1. The van der Waals surface area contributed by atoms with Crippen LogP contribution in [0.2, 0.25) is 0 Å². The molecule has 0 bridgehead atoms. The van der Waals surface area contributed by atoms with Crippen molar-refractivity contribution < 1.29 is 52.4 Å². The number of imide groups is 1. The number of piperazine rings is 1. The van der Waals surface area contributed by atoms with Crippen LogP contribution in [0.4, 0.5) is 11.5 Å². The van der Waals surface area contributed by atoms with Gasteiger partial charge in [-0.1, -0.05) is 24.3 Å². The van der Waals surface area contributed by atoms with Crippen LogP contribution in [-0.2, 0) is 49.4 Å². The molecular weight excluding hydrogens is 991 g/mol. The molecule has 5 aromatic rings. The number of para-hydroxylation sites is 1. The van der Waals surface area contributed by atoms with Crippen LogP contribution >= 0.6 is 0 Å². The Morgan fingerprint density at radius 3 is 2.16 bits per heavy atom. The van der Waals surface area contributed by atoms with E-state index in [9.17, 15) is 24.0 Å². The lowest BCUT2D eigenvalue weighted by Crippen LogP contribution is -2.52. The summed E-state index contributed by atoms with van der Waals surface area (Å²) in [6.45, 7) is 9.11. The summed E-state index contributed by atoms with van der Waals surface area (Å²) in [4.78, 5) is 79.9. The predicted octanol–water partition coefficient (Wildman–Crippen LogP) is 3.91. The number of likely N-dealkylation sites (tertiary alicyclic amines) is 1. The van der Waals surface area contributed by atoms with Crippen molar-refractivity contribution in [3.8, 4) is 22.8 Å². The Morgan fingerprint density at radius 1 is 0.727 bits per heavy atom. The Kier molecular flexibility index (Phi) is 19.4. The molecule has 6 heterocycles. The van der Waals surface area contributed by atoms with Gasteiger partial charge < -0.3 is 54.2 Å². The highest BCUT2D eigenvalue weighted by Gasteiger charge is 2.40. The first kappa shape index (κ1) is 54.7. The van der Waals surface area contributed by atoms with E-state index in [4.69, 9.17) is 39.3 Å². The standard InChI is InChI=1S/C55H69N11O11/c56-52-50-51(39-13-15-42(16-14-39)77-41-8-2-1-3-9-41)61-66(53(50)59-38-58-52)40-7-5-21-64(35-40)48(68)12-6-20-62-22-24-63(25-23-62)49(69)37-76-34-33-75-32-31-74-30-29-73-28-27-72-26-19-57-45-11-4-10-43-44(45)36-65(55(43)71)46-17-18-47(67)60-54(46)70/h1-4,8-11,13-16,38,40,46,57H,5-7,12,17-37H2,(H2,56,58,59)(H,60,67,70)/t40-,46?/m1/s1. The monoisotopic (exact) mass is 1060 g/mol. The van der Waals surface area contributed by atoms with Crippen molar-refractivity contribution in [2.24, 2.45) is 0 Å². The van der Waals surface area contributed by atoms with Crippen molar-refractivity contribution in [3.05, 3.63) is 90.3 Å². The molecule has 0 spiro atoms. The van der Waals surface area contributed by atoms with Crippen LogP contribution in [0.25, 0.3) is 22.3 Å². The lowest BCUT2D eigenvalue weighted by Gasteiger charge is -2.35. The summed E-state index contributed by atoms with van der Waals surface area (Å²) >= 11 is 0. The Hall–Kier alpha value is -7.08. The van der Waals surface area contributed by atoms with Crippen molar-refractivity contribution >= 4 is 52.1 Å². The van der Waals surface area contributed by atoms with Crippen LogP contribution in [-0.4, -0.2) is 193 Å². The van der Waals surface area contributed by atoms with E-state index in [1.807, 2.05) is 75.1 Å². The zero-order valence-electron chi connectivity index (χ0n) is 43.5. The molecule has 5 amide bonds. The number of nitrogens with zero attached hydrogens (tertiary/aromatic N) is 8. The number of benzene rings is 3. The summed E-state index contributed by atoms with van der Waals surface area (Å²) in [6, 6.07) is 22.1. The van der Waals surface area contributed by atoms with Gasteiger partial charge >= 0.3 is 0 Å².